The number of halogens is 2. The molecular weight excluding hydrogens is 282 g/mol. The Labute approximate surface area is 103 Å². The monoisotopic (exact) mass is 292 g/mol. The molecule has 0 saturated heterocycles. The number of hydrogen-bond donors (Lipinski definition) is 2. The maximum atomic E-state index is 4.70. The Morgan fingerprint density at radius 3 is 1.40 bits per heavy atom. The first-order chi connectivity index (χ1) is 7.20. The van der Waals surface area contributed by atoms with Gasteiger partial charge in [0.25, 0.3) is 0 Å². The van der Waals surface area contributed by atoms with E-state index in [1.54, 1.807) is 24.8 Å². The number of aromatic amines is 2. The van der Waals surface area contributed by atoms with Crippen molar-refractivity contribution in [3.05, 3.63) is 36.4 Å². The zero-order valence-corrected chi connectivity index (χ0v) is 10.8. The van der Waals surface area contributed by atoms with E-state index < -0.39 is 0 Å². The van der Waals surface area contributed by atoms with Gasteiger partial charge in [-0.1, -0.05) is 0 Å². The Balaban J connectivity index is 0.000000210. The SMILES string of the molecule is Cc1ncc[nH]1.Cc1ncc[nH]1.[Cl][Ni][Cl]. The molecule has 2 aromatic rings. The minimum atomic E-state index is 0.569. The van der Waals surface area contributed by atoms with Crippen LogP contribution in [0.5, 0.6) is 0 Å². The van der Waals surface area contributed by atoms with Gasteiger partial charge in [0.2, 0.25) is 0 Å². The summed E-state index contributed by atoms with van der Waals surface area (Å²) >= 11 is 0.569. The van der Waals surface area contributed by atoms with Crippen molar-refractivity contribution in [1.29, 1.82) is 0 Å². The summed E-state index contributed by atoms with van der Waals surface area (Å²) in [7, 11) is 9.40. The van der Waals surface area contributed by atoms with Gasteiger partial charge in [-0.25, -0.2) is 9.97 Å². The summed E-state index contributed by atoms with van der Waals surface area (Å²) in [6.07, 6.45) is 7.06. The van der Waals surface area contributed by atoms with Crippen molar-refractivity contribution in [2.75, 3.05) is 0 Å². The zero-order valence-electron chi connectivity index (χ0n) is 8.28. The first-order valence-corrected chi connectivity index (χ1v) is 6.66. The normalized spacial score (nSPS) is 8.53. The molecule has 0 radical (unpaired) electrons. The predicted molar refractivity (Wildman–Crippen MR) is 58.4 cm³/mol. The molecule has 7 heteroatoms. The van der Waals surface area contributed by atoms with Crippen LogP contribution >= 0.6 is 20.4 Å². The van der Waals surface area contributed by atoms with E-state index in [-0.39, 0.29) is 0 Å². The van der Waals surface area contributed by atoms with Crippen molar-refractivity contribution in [1.82, 2.24) is 19.9 Å². The van der Waals surface area contributed by atoms with E-state index in [4.69, 9.17) is 20.4 Å². The van der Waals surface area contributed by atoms with Crippen LogP contribution in [0.3, 0.4) is 0 Å². The molecule has 2 rings (SSSR count). The third-order valence-corrected chi connectivity index (χ3v) is 1.27. The fourth-order valence-electron chi connectivity index (χ4n) is 0.688. The number of H-pyrrole nitrogens is 2. The first-order valence-electron chi connectivity index (χ1n) is 3.95. The molecule has 0 aromatic carbocycles. The molecule has 15 heavy (non-hydrogen) atoms. The van der Waals surface area contributed by atoms with Crippen molar-refractivity contribution >= 4 is 20.4 Å². The molecule has 0 atom stereocenters. The van der Waals surface area contributed by atoms with Crippen molar-refractivity contribution in [2.24, 2.45) is 0 Å². The summed E-state index contributed by atoms with van der Waals surface area (Å²) in [4.78, 5) is 13.5. The fraction of sp³-hybridized carbons (Fsp3) is 0.250. The van der Waals surface area contributed by atoms with Crippen molar-refractivity contribution in [3.8, 4) is 0 Å². The molecule has 88 valence electrons. The van der Waals surface area contributed by atoms with Crippen molar-refractivity contribution < 1.29 is 12.7 Å². The van der Waals surface area contributed by atoms with Gasteiger partial charge in [-0.3, -0.25) is 0 Å². The van der Waals surface area contributed by atoms with E-state index in [0.717, 1.165) is 11.6 Å². The second-order valence-electron chi connectivity index (χ2n) is 2.39. The molecule has 0 fully saturated rings. The number of nitrogens with zero attached hydrogens (tertiary/aromatic N) is 2. The van der Waals surface area contributed by atoms with Gasteiger partial charge in [0.1, 0.15) is 11.6 Å². The Morgan fingerprint density at radius 2 is 1.33 bits per heavy atom. The van der Waals surface area contributed by atoms with E-state index >= 15 is 0 Å². The predicted octanol–water partition coefficient (Wildman–Crippen LogP) is 2.81. The summed E-state index contributed by atoms with van der Waals surface area (Å²) in [5.41, 5.74) is 0. The van der Waals surface area contributed by atoms with E-state index in [0.29, 0.717) is 12.7 Å². The molecular formula is C8H12Cl2N4Ni. The van der Waals surface area contributed by atoms with Gasteiger partial charge in [0.15, 0.2) is 0 Å². The number of imidazole rings is 2. The van der Waals surface area contributed by atoms with Crippen molar-refractivity contribution in [3.63, 3.8) is 0 Å². The molecule has 0 amide bonds. The van der Waals surface area contributed by atoms with E-state index in [1.807, 2.05) is 13.8 Å². The molecule has 2 N–H and O–H groups in total. The molecule has 0 aliphatic heterocycles. The van der Waals surface area contributed by atoms with Gasteiger partial charge < -0.3 is 9.97 Å². The number of aromatic nitrogens is 4. The number of aryl methyl sites for hydroxylation is 2. The average Bonchev–Trinajstić information content (AvgIpc) is 2.81. The summed E-state index contributed by atoms with van der Waals surface area (Å²) < 4.78 is 0. The molecule has 2 aromatic heterocycles. The van der Waals surface area contributed by atoms with Gasteiger partial charge in [0.05, 0.1) is 0 Å². The molecule has 0 unspecified atom stereocenters. The van der Waals surface area contributed by atoms with Gasteiger partial charge >= 0.3 is 33.0 Å². The summed E-state index contributed by atoms with van der Waals surface area (Å²) in [6.45, 7) is 3.83. The van der Waals surface area contributed by atoms with Crippen LogP contribution in [-0.4, -0.2) is 19.9 Å². The number of hydrogen-bond acceptors (Lipinski definition) is 2. The third kappa shape index (κ3) is 9.79. The van der Waals surface area contributed by atoms with Crippen molar-refractivity contribution in [2.45, 2.75) is 13.8 Å². The molecule has 0 bridgehead atoms. The fourth-order valence-corrected chi connectivity index (χ4v) is 0.688. The molecule has 2 heterocycles. The van der Waals surface area contributed by atoms with E-state index in [2.05, 4.69) is 19.9 Å². The van der Waals surface area contributed by atoms with Crippen LogP contribution in [-0.2, 0) is 12.7 Å². The van der Waals surface area contributed by atoms with Crippen LogP contribution in [0.4, 0.5) is 0 Å². The quantitative estimate of drug-likeness (QED) is 0.734. The van der Waals surface area contributed by atoms with Crippen LogP contribution in [0.1, 0.15) is 11.6 Å². The third-order valence-electron chi connectivity index (χ3n) is 1.27. The molecule has 0 aliphatic carbocycles. The summed E-state index contributed by atoms with van der Waals surface area (Å²) in [5, 5.41) is 0. The van der Waals surface area contributed by atoms with Crippen LogP contribution < -0.4 is 0 Å². The molecule has 0 saturated carbocycles. The first kappa shape index (κ1) is 14.5. The second-order valence-corrected chi connectivity index (χ2v) is 4.03. The van der Waals surface area contributed by atoms with Gasteiger partial charge in [0, 0.05) is 24.8 Å². The van der Waals surface area contributed by atoms with Gasteiger partial charge in [-0.15, -0.1) is 0 Å². The van der Waals surface area contributed by atoms with Crippen LogP contribution in [0.15, 0.2) is 24.8 Å². The van der Waals surface area contributed by atoms with E-state index in [9.17, 15) is 0 Å². The number of nitrogens with one attached hydrogen (secondary N) is 2. The summed E-state index contributed by atoms with van der Waals surface area (Å²) in [5.74, 6) is 1.94. The Kier molecular flexibility index (Phi) is 9.69. The minimum absolute atomic E-state index is 0.569. The standard InChI is InChI=1S/2C4H6N2.2ClH.Ni/c2*1-4-5-2-3-6-4;;;/h2*2-3H,1H3,(H,5,6);2*1H;/q;;;;+2/p-2. The Morgan fingerprint density at radius 1 is 1.00 bits per heavy atom. The Bertz CT molecular complexity index is 277. The van der Waals surface area contributed by atoms with Crippen LogP contribution in [0.25, 0.3) is 0 Å². The maximum absolute atomic E-state index is 4.70. The molecule has 0 spiro atoms. The second kappa shape index (κ2) is 10.0. The topological polar surface area (TPSA) is 57.4 Å². The average molecular weight is 294 g/mol. The zero-order chi connectivity index (χ0) is 11.5. The number of rotatable bonds is 0. The van der Waals surface area contributed by atoms with Crippen LogP contribution in [0, 0.1) is 13.8 Å². The molecule has 4 nitrogen and oxygen atoms in total. The Hall–Kier alpha value is -0.506. The molecule has 0 aliphatic rings. The van der Waals surface area contributed by atoms with Gasteiger partial charge in [-0.2, -0.15) is 0 Å². The summed E-state index contributed by atoms with van der Waals surface area (Å²) in [6, 6.07) is 0. The van der Waals surface area contributed by atoms with Crippen LogP contribution in [0.2, 0.25) is 0 Å². The van der Waals surface area contributed by atoms with Gasteiger partial charge in [-0.05, 0) is 13.8 Å². The van der Waals surface area contributed by atoms with E-state index in [1.165, 1.54) is 0 Å².